The summed E-state index contributed by atoms with van der Waals surface area (Å²) in [6.45, 7) is 0.0565. The third-order valence-corrected chi connectivity index (χ3v) is 3.70. The molecule has 1 aromatic heterocycles. The van der Waals surface area contributed by atoms with Crippen molar-refractivity contribution in [2.45, 2.75) is 13.0 Å². The predicted octanol–water partition coefficient (Wildman–Crippen LogP) is -0.138. The Hall–Kier alpha value is -3.23. The van der Waals surface area contributed by atoms with Gasteiger partial charge in [-0.3, -0.25) is 19.1 Å². The van der Waals surface area contributed by atoms with Crippen LogP contribution >= 0.6 is 0 Å². The van der Waals surface area contributed by atoms with Crippen LogP contribution in [0.2, 0.25) is 0 Å². The maximum absolute atomic E-state index is 11.9. The number of benzene rings is 1. The molecule has 0 spiro atoms. The van der Waals surface area contributed by atoms with Crippen LogP contribution < -0.4 is 26.0 Å². The third-order valence-electron chi connectivity index (χ3n) is 3.70. The Morgan fingerprint density at radius 3 is 2.52 bits per heavy atom. The van der Waals surface area contributed by atoms with Gasteiger partial charge in [0.25, 0.3) is 11.5 Å². The Bertz CT molecular complexity index is 900. The number of ether oxygens (including phenoxy) is 2. The van der Waals surface area contributed by atoms with E-state index in [-0.39, 0.29) is 6.54 Å². The molecule has 2 aromatic rings. The lowest BCUT2D eigenvalue weighted by atomic mass is 10.1. The number of aromatic hydroxyl groups is 1. The molecule has 0 fully saturated rings. The SMILES string of the molecule is CNC(=O)c1c(O)n(CCc2ccc(OC)c(OC)c2)c(=O)[nH]c1=O. The summed E-state index contributed by atoms with van der Waals surface area (Å²) in [4.78, 5) is 37.4. The second-order valence-corrected chi connectivity index (χ2v) is 5.13. The molecule has 0 aliphatic rings. The highest BCUT2D eigenvalue weighted by Gasteiger charge is 2.20. The van der Waals surface area contributed by atoms with E-state index in [4.69, 9.17) is 9.47 Å². The van der Waals surface area contributed by atoms with Gasteiger partial charge in [-0.25, -0.2) is 4.79 Å². The van der Waals surface area contributed by atoms with Gasteiger partial charge in [0.2, 0.25) is 5.88 Å². The number of amides is 1. The van der Waals surface area contributed by atoms with Crippen LogP contribution in [0.25, 0.3) is 0 Å². The minimum absolute atomic E-state index is 0.0565. The lowest BCUT2D eigenvalue weighted by molar-refractivity contribution is 0.0956. The first-order valence-electron chi connectivity index (χ1n) is 7.42. The van der Waals surface area contributed by atoms with Crippen molar-refractivity contribution in [1.82, 2.24) is 14.9 Å². The van der Waals surface area contributed by atoms with E-state index in [2.05, 4.69) is 5.32 Å². The fourth-order valence-electron chi connectivity index (χ4n) is 2.37. The molecule has 0 saturated heterocycles. The van der Waals surface area contributed by atoms with Crippen LogP contribution in [-0.2, 0) is 13.0 Å². The fraction of sp³-hybridized carbons (Fsp3) is 0.312. The lowest BCUT2D eigenvalue weighted by Gasteiger charge is -2.12. The Morgan fingerprint density at radius 2 is 1.92 bits per heavy atom. The van der Waals surface area contributed by atoms with Crippen LogP contribution in [0.15, 0.2) is 27.8 Å². The van der Waals surface area contributed by atoms with E-state index < -0.39 is 28.6 Å². The summed E-state index contributed by atoms with van der Waals surface area (Å²) in [6.07, 6.45) is 0.354. The number of aryl methyl sites for hydroxylation is 1. The van der Waals surface area contributed by atoms with Gasteiger partial charge in [0.15, 0.2) is 17.1 Å². The van der Waals surface area contributed by atoms with Gasteiger partial charge in [0.05, 0.1) is 14.2 Å². The molecule has 25 heavy (non-hydrogen) atoms. The number of hydrogen-bond donors (Lipinski definition) is 3. The zero-order valence-electron chi connectivity index (χ0n) is 14.1. The summed E-state index contributed by atoms with van der Waals surface area (Å²) in [5.41, 5.74) is -1.43. The predicted molar refractivity (Wildman–Crippen MR) is 89.6 cm³/mol. The lowest BCUT2D eigenvalue weighted by Crippen LogP contribution is -2.36. The first kappa shape index (κ1) is 18.1. The molecule has 0 aliphatic carbocycles. The normalized spacial score (nSPS) is 10.4. The summed E-state index contributed by atoms with van der Waals surface area (Å²) >= 11 is 0. The van der Waals surface area contributed by atoms with Crippen LogP contribution in [0.5, 0.6) is 17.4 Å². The highest BCUT2D eigenvalue weighted by Crippen LogP contribution is 2.27. The first-order valence-corrected chi connectivity index (χ1v) is 7.42. The second kappa shape index (κ2) is 7.56. The molecule has 1 amide bonds. The number of hydrogen-bond acceptors (Lipinski definition) is 6. The van der Waals surface area contributed by atoms with E-state index in [9.17, 15) is 19.5 Å². The molecular formula is C16H19N3O6. The zero-order valence-corrected chi connectivity index (χ0v) is 14.1. The molecule has 1 heterocycles. The van der Waals surface area contributed by atoms with Crippen LogP contribution in [0.3, 0.4) is 0 Å². The van der Waals surface area contributed by atoms with E-state index >= 15 is 0 Å². The standard InChI is InChI=1S/C16H19N3O6/c1-17-13(20)12-14(21)18-16(23)19(15(12)22)7-6-9-4-5-10(24-2)11(8-9)25-3/h4-5,8,22H,6-7H2,1-3H3,(H,17,20)(H,18,21,23). The fourth-order valence-corrected chi connectivity index (χ4v) is 2.37. The Morgan fingerprint density at radius 1 is 1.24 bits per heavy atom. The number of rotatable bonds is 6. The maximum Gasteiger partial charge on any atom is 0.331 e. The summed E-state index contributed by atoms with van der Waals surface area (Å²) in [5, 5.41) is 12.4. The molecule has 0 saturated carbocycles. The number of aromatic nitrogens is 2. The molecular weight excluding hydrogens is 330 g/mol. The van der Waals surface area contributed by atoms with Crippen molar-refractivity contribution < 1.29 is 19.4 Å². The van der Waals surface area contributed by atoms with Gasteiger partial charge in [-0.2, -0.15) is 0 Å². The van der Waals surface area contributed by atoms with E-state index in [0.29, 0.717) is 17.9 Å². The van der Waals surface area contributed by atoms with Crippen molar-refractivity contribution in [2.75, 3.05) is 21.3 Å². The molecule has 0 atom stereocenters. The minimum atomic E-state index is -0.941. The number of nitrogens with zero attached hydrogens (tertiary/aromatic N) is 1. The largest absolute Gasteiger partial charge is 0.494 e. The third kappa shape index (κ3) is 3.65. The number of aromatic amines is 1. The zero-order chi connectivity index (χ0) is 18.6. The van der Waals surface area contributed by atoms with Crippen molar-refractivity contribution in [3.05, 3.63) is 50.2 Å². The van der Waals surface area contributed by atoms with Crippen LogP contribution in [-0.4, -0.2) is 41.8 Å². The van der Waals surface area contributed by atoms with Crippen molar-refractivity contribution >= 4 is 5.91 Å². The smallest absolute Gasteiger partial charge is 0.331 e. The molecule has 0 unspecified atom stereocenters. The van der Waals surface area contributed by atoms with Gasteiger partial charge in [0.1, 0.15) is 0 Å². The summed E-state index contributed by atoms with van der Waals surface area (Å²) < 4.78 is 11.3. The highest BCUT2D eigenvalue weighted by atomic mass is 16.5. The van der Waals surface area contributed by atoms with Gasteiger partial charge in [-0.15, -0.1) is 0 Å². The molecule has 134 valence electrons. The monoisotopic (exact) mass is 349 g/mol. The average molecular weight is 349 g/mol. The number of carbonyl (C=O) groups is 1. The number of methoxy groups -OCH3 is 2. The van der Waals surface area contributed by atoms with E-state index in [1.165, 1.54) is 21.3 Å². The van der Waals surface area contributed by atoms with Crippen molar-refractivity contribution in [1.29, 1.82) is 0 Å². The number of nitrogens with one attached hydrogen (secondary N) is 2. The molecule has 2 rings (SSSR count). The van der Waals surface area contributed by atoms with Gasteiger partial charge < -0.3 is 19.9 Å². The molecule has 3 N–H and O–H groups in total. The Labute approximate surface area is 142 Å². The first-order chi connectivity index (χ1) is 11.9. The minimum Gasteiger partial charge on any atom is -0.494 e. The number of carbonyl (C=O) groups excluding carboxylic acids is 1. The Kier molecular flexibility index (Phi) is 5.48. The summed E-state index contributed by atoms with van der Waals surface area (Å²) in [6, 6.07) is 5.25. The average Bonchev–Trinajstić information content (AvgIpc) is 2.60. The summed E-state index contributed by atoms with van der Waals surface area (Å²) in [5.74, 6) is -0.353. The van der Waals surface area contributed by atoms with E-state index in [1.54, 1.807) is 18.2 Å². The molecule has 0 bridgehead atoms. The van der Waals surface area contributed by atoms with Crippen LogP contribution in [0.4, 0.5) is 0 Å². The van der Waals surface area contributed by atoms with Crippen LogP contribution in [0, 0.1) is 0 Å². The second-order valence-electron chi connectivity index (χ2n) is 5.13. The quantitative estimate of drug-likeness (QED) is 0.667. The maximum atomic E-state index is 11.9. The Balaban J connectivity index is 2.34. The van der Waals surface area contributed by atoms with Gasteiger partial charge in [-0.1, -0.05) is 6.07 Å². The van der Waals surface area contributed by atoms with Gasteiger partial charge >= 0.3 is 5.69 Å². The molecule has 0 aliphatic heterocycles. The highest BCUT2D eigenvalue weighted by molar-refractivity contribution is 5.95. The molecule has 9 heteroatoms. The van der Waals surface area contributed by atoms with Gasteiger partial charge in [-0.05, 0) is 24.1 Å². The van der Waals surface area contributed by atoms with Crippen molar-refractivity contribution in [3.63, 3.8) is 0 Å². The van der Waals surface area contributed by atoms with Crippen molar-refractivity contribution in [2.24, 2.45) is 0 Å². The van der Waals surface area contributed by atoms with Gasteiger partial charge in [0, 0.05) is 13.6 Å². The molecule has 9 nitrogen and oxygen atoms in total. The van der Waals surface area contributed by atoms with E-state index in [0.717, 1.165) is 10.1 Å². The molecule has 1 aromatic carbocycles. The van der Waals surface area contributed by atoms with Crippen molar-refractivity contribution in [3.8, 4) is 17.4 Å². The molecule has 0 radical (unpaired) electrons. The van der Waals surface area contributed by atoms with E-state index in [1.807, 2.05) is 4.98 Å². The number of H-pyrrole nitrogens is 1. The van der Waals surface area contributed by atoms with Crippen LogP contribution in [0.1, 0.15) is 15.9 Å². The topological polar surface area (TPSA) is 123 Å². The summed E-state index contributed by atoms with van der Waals surface area (Å²) in [7, 11) is 4.35.